The average molecular weight is 292 g/mol. The standard InChI is InChI=1S/C16H28N4O/c1-17-15(13-14-5-8-19(2)18-14)16(6-3-4-7-16)20-9-11-21-12-10-20/h5,8,15,17H,3-4,6-7,9-13H2,1-2H3. The number of aryl methyl sites for hydroxylation is 1. The van der Waals surface area contributed by atoms with Gasteiger partial charge in [-0.3, -0.25) is 9.58 Å². The summed E-state index contributed by atoms with van der Waals surface area (Å²) in [6.07, 6.45) is 8.33. The molecule has 1 unspecified atom stereocenters. The van der Waals surface area contributed by atoms with Crippen molar-refractivity contribution in [1.29, 1.82) is 0 Å². The van der Waals surface area contributed by atoms with Gasteiger partial charge in [0.1, 0.15) is 0 Å². The molecule has 2 heterocycles. The molecule has 0 spiro atoms. The lowest BCUT2D eigenvalue weighted by molar-refractivity contribution is -0.0348. The minimum Gasteiger partial charge on any atom is -0.379 e. The number of hydrogen-bond donors (Lipinski definition) is 1. The third-order valence-electron chi connectivity index (χ3n) is 5.29. The Bertz CT molecular complexity index is 447. The lowest BCUT2D eigenvalue weighted by atomic mass is 9.83. The summed E-state index contributed by atoms with van der Waals surface area (Å²) in [5, 5.41) is 8.19. The van der Waals surface area contributed by atoms with Gasteiger partial charge in [-0.25, -0.2) is 0 Å². The van der Waals surface area contributed by atoms with Crippen LogP contribution in [0.4, 0.5) is 0 Å². The maximum Gasteiger partial charge on any atom is 0.0640 e. The molecule has 1 saturated carbocycles. The fourth-order valence-electron chi connectivity index (χ4n) is 4.22. The predicted molar refractivity (Wildman–Crippen MR) is 83.4 cm³/mol. The Balaban J connectivity index is 1.79. The highest BCUT2D eigenvalue weighted by molar-refractivity contribution is 5.10. The Hall–Kier alpha value is -0.910. The van der Waals surface area contributed by atoms with Gasteiger partial charge in [-0.1, -0.05) is 12.8 Å². The maximum atomic E-state index is 5.56. The molecule has 0 radical (unpaired) electrons. The van der Waals surface area contributed by atoms with E-state index in [4.69, 9.17) is 4.74 Å². The molecule has 2 fully saturated rings. The second-order valence-electron chi connectivity index (χ2n) is 6.44. The van der Waals surface area contributed by atoms with Gasteiger partial charge in [0.05, 0.1) is 18.9 Å². The van der Waals surface area contributed by atoms with E-state index >= 15 is 0 Å². The fraction of sp³-hybridized carbons (Fsp3) is 0.812. The van der Waals surface area contributed by atoms with E-state index in [9.17, 15) is 0 Å². The zero-order valence-electron chi connectivity index (χ0n) is 13.3. The molecule has 1 N–H and O–H groups in total. The molecule has 21 heavy (non-hydrogen) atoms. The van der Waals surface area contributed by atoms with E-state index in [-0.39, 0.29) is 5.54 Å². The molecule has 1 atom stereocenters. The van der Waals surface area contributed by atoms with E-state index < -0.39 is 0 Å². The minimum atomic E-state index is 0.288. The Morgan fingerprint density at radius 1 is 1.33 bits per heavy atom. The van der Waals surface area contributed by atoms with Crippen molar-refractivity contribution in [3.05, 3.63) is 18.0 Å². The molecule has 1 aliphatic carbocycles. The van der Waals surface area contributed by atoms with Gasteiger partial charge >= 0.3 is 0 Å². The summed E-state index contributed by atoms with van der Waals surface area (Å²) in [6.45, 7) is 3.89. The fourth-order valence-corrected chi connectivity index (χ4v) is 4.22. The molecule has 0 amide bonds. The van der Waals surface area contributed by atoms with Crippen LogP contribution >= 0.6 is 0 Å². The van der Waals surface area contributed by atoms with E-state index in [1.165, 1.54) is 31.4 Å². The van der Waals surface area contributed by atoms with Crippen LogP contribution in [-0.2, 0) is 18.2 Å². The first-order valence-corrected chi connectivity index (χ1v) is 8.23. The van der Waals surface area contributed by atoms with E-state index in [0.29, 0.717) is 6.04 Å². The number of nitrogens with zero attached hydrogens (tertiary/aromatic N) is 3. The van der Waals surface area contributed by atoms with Crippen molar-refractivity contribution in [2.24, 2.45) is 7.05 Å². The molecule has 0 aromatic carbocycles. The lowest BCUT2D eigenvalue weighted by Crippen LogP contribution is -2.62. The van der Waals surface area contributed by atoms with Crippen molar-refractivity contribution in [2.75, 3.05) is 33.4 Å². The number of morpholine rings is 1. The number of likely N-dealkylation sites (N-methyl/N-ethyl adjacent to an activating group) is 1. The summed E-state index contributed by atoms with van der Waals surface area (Å²) in [6, 6.07) is 2.61. The smallest absolute Gasteiger partial charge is 0.0640 e. The number of ether oxygens (including phenoxy) is 1. The summed E-state index contributed by atoms with van der Waals surface area (Å²) in [5.74, 6) is 0. The lowest BCUT2D eigenvalue weighted by Gasteiger charge is -2.48. The summed E-state index contributed by atoms with van der Waals surface area (Å²) in [7, 11) is 4.10. The van der Waals surface area contributed by atoms with Crippen LogP contribution in [0.25, 0.3) is 0 Å². The van der Waals surface area contributed by atoms with Crippen molar-refractivity contribution in [3.63, 3.8) is 0 Å². The molecule has 1 saturated heterocycles. The molecular formula is C16H28N4O. The molecule has 5 heteroatoms. The van der Waals surface area contributed by atoms with Crippen molar-refractivity contribution in [3.8, 4) is 0 Å². The van der Waals surface area contributed by atoms with Crippen LogP contribution in [0.5, 0.6) is 0 Å². The topological polar surface area (TPSA) is 42.3 Å². The summed E-state index contributed by atoms with van der Waals surface area (Å²) in [4.78, 5) is 2.69. The van der Waals surface area contributed by atoms with E-state index in [0.717, 1.165) is 32.7 Å². The molecule has 1 aromatic heterocycles. The largest absolute Gasteiger partial charge is 0.379 e. The first-order valence-electron chi connectivity index (χ1n) is 8.23. The number of hydrogen-bond acceptors (Lipinski definition) is 4. The van der Waals surface area contributed by atoms with Gasteiger partial charge in [0.25, 0.3) is 0 Å². The molecule has 3 rings (SSSR count). The second-order valence-corrected chi connectivity index (χ2v) is 6.44. The third kappa shape index (κ3) is 3.00. The zero-order chi connectivity index (χ0) is 14.7. The van der Waals surface area contributed by atoms with Gasteiger partial charge in [0.2, 0.25) is 0 Å². The summed E-state index contributed by atoms with van der Waals surface area (Å²) >= 11 is 0. The highest BCUT2D eigenvalue weighted by atomic mass is 16.5. The van der Waals surface area contributed by atoms with Gasteiger partial charge in [0.15, 0.2) is 0 Å². The SMILES string of the molecule is CNC(Cc1ccn(C)n1)C1(N2CCOCC2)CCCC1. The summed E-state index contributed by atoms with van der Waals surface area (Å²) < 4.78 is 7.46. The van der Waals surface area contributed by atoms with Crippen LogP contribution in [0, 0.1) is 0 Å². The Labute approximate surface area is 127 Å². The third-order valence-corrected chi connectivity index (χ3v) is 5.29. The molecular weight excluding hydrogens is 264 g/mol. The number of rotatable bonds is 5. The van der Waals surface area contributed by atoms with E-state index in [2.05, 4.69) is 28.4 Å². The maximum absolute atomic E-state index is 5.56. The highest BCUT2D eigenvalue weighted by Gasteiger charge is 2.45. The van der Waals surface area contributed by atoms with Crippen molar-refractivity contribution < 1.29 is 4.74 Å². The van der Waals surface area contributed by atoms with Crippen molar-refractivity contribution >= 4 is 0 Å². The first-order chi connectivity index (χ1) is 10.2. The quantitative estimate of drug-likeness (QED) is 0.885. The molecule has 2 aliphatic rings. The molecule has 118 valence electrons. The first kappa shape index (κ1) is 15.0. The Kier molecular flexibility index (Phi) is 4.62. The normalized spacial score (nSPS) is 24.3. The van der Waals surface area contributed by atoms with Crippen LogP contribution in [-0.4, -0.2) is 59.6 Å². The van der Waals surface area contributed by atoms with Gasteiger partial charge in [0, 0.05) is 44.3 Å². The van der Waals surface area contributed by atoms with Crippen LogP contribution in [0.2, 0.25) is 0 Å². The monoisotopic (exact) mass is 292 g/mol. The molecule has 1 aliphatic heterocycles. The van der Waals surface area contributed by atoms with Gasteiger partial charge in [-0.15, -0.1) is 0 Å². The van der Waals surface area contributed by atoms with Crippen LogP contribution in [0.15, 0.2) is 12.3 Å². The van der Waals surface area contributed by atoms with E-state index in [1.807, 2.05) is 17.9 Å². The Morgan fingerprint density at radius 3 is 2.62 bits per heavy atom. The van der Waals surface area contributed by atoms with Gasteiger partial charge in [-0.05, 0) is 26.0 Å². The number of nitrogens with one attached hydrogen (secondary N) is 1. The van der Waals surface area contributed by atoms with E-state index in [1.54, 1.807) is 0 Å². The predicted octanol–water partition coefficient (Wildman–Crippen LogP) is 1.20. The average Bonchev–Trinajstić information content (AvgIpc) is 3.15. The van der Waals surface area contributed by atoms with Gasteiger partial charge < -0.3 is 10.1 Å². The second kappa shape index (κ2) is 6.46. The van der Waals surface area contributed by atoms with Crippen molar-refractivity contribution in [2.45, 2.75) is 43.7 Å². The Morgan fingerprint density at radius 2 is 2.05 bits per heavy atom. The molecule has 0 bridgehead atoms. The minimum absolute atomic E-state index is 0.288. The van der Waals surface area contributed by atoms with Gasteiger partial charge in [-0.2, -0.15) is 5.10 Å². The number of aromatic nitrogens is 2. The van der Waals surface area contributed by atoms with Crippen molar-refractivity contribution in [1.82, 2.24) is 20.0 Å². The zero-order valence-corrected chi connectivity index (χ0v) is 13.3. The highest BCUT2D eigenvalue weighted by Crippen LogP contribution is 2.39. The summed E-state index contributed by atoms with van der Waals surface area (Å²) in [5.41, 5.74) is 1.48. The van der Waals surface area contributed by atoms with Crippen LogP contribution in [0.1, 0.15) is 31.4 Å². The molecule has 1 aromatic rings. The van der Waals surface area contributed by atoms with Crippen LogP contribution < -0.4 is 5.32 Å². The van der Waals surface area contributed by atoms with Crippen LogP contribution in [0.3, 0.4) is 0 Å². The molecule has 5 nitrogen and oxygen atoms in total.